The third-order valence-corrected chi connectivity index (χ3v) is 19.1. The SMILES string of the molecule is CC(C)COC(=O)Cl.Cc1cc(C)cc(-c2ncn(/C=C(/C#N)c3ccncc3)n2)c1.Cc1cc(C)cc(-c2ncn(/C=C(/C(=O)O)c3ccncc3)n2)c1.Cc1cc(C)cc(-c2ncn(/C=C(/C(=O)OC(C)C)c3ccncc3)n2)c1.Cc1cc(C)cc(-c2ncn(/C=C(/C(N)=O)c3ccncc3)n2)c1.Cc1cc(C)cc(-c2ncn(/C=C(\Br)C(=O)OC(C)C)n2)c1.O=P(Cl)(Cl)Cl.OB(O)c1cccnc1.[2H]CF.[Li+].[OH-]. The van der Waals surface area contributed by atoms with E-state index in [1.54, 1.807) is 179 Å². The molecule has 0 fully saturated rings. The minimum Gasteiger partial charge on any atom is -0.870 e. The van der Waals surface area contributed by atoms with E-state index in [9.17, 15) is 43.3 Å². The number of hydrogen-bond donors (Lipinski definition) is 4. The van der Waals surface area contributed by atoms with Crippen LogP contribution in [0.5, 0.6) is 0 Å². The standard InChI is InChI=1S/C21H22N4O2.C18H17N5O.C18H15N5.C18H16N4O2.C16H18BrN3O2.C5H6BNO2.C5H9ClO2.CH3F.Cl3OP.Li.H2O/c1-14(2)27-21(26)19(17-5-7-22-8-6-17)12-25-13-23-20(24-25)18-10-15(3)9-16(4)11-18;1-12-7-13(2)9-15(8-12)18-21-11-23(22-18)10-16(17(19)24)14-3-5-20-6-4-14;1-13-7-14(2)9-16(8-13)18-21-12-23(22-18)11-17(10-19)15-3-5-20-6-4-15;1-12-7-13(2)9-15(8-12)17-20-11-22(21-17)10-16(18(23)24)14-3-5-19-6-4-14;1-10(2)22-16(21)14(17)8-20-9-18-15(19-20)13-6-11(3)5-12(4)7-13;8-6(9)5-2-1-3-7-4-5;1-4(2)3-8-5(6)7;1-2;1-5(2,3)4;;/h5-14H,1-4H3;3-11H,1-2H3,(H2,19,24);3-9,11-12H,1-2H3;3-11H,1-2H3,(H,23,24);5-10H,1-4H3;1-4,8-9H;4H,3H2,1-2H3;1H3;;;1H2/q;;;;;;;;;+1;/p-1/b19-12+;16-10+;17-11-;16-10+;14-8-;;;;;;/i;;;;;;;1D;;;. The molecule has 0 atom stereocenters. The molecule has 6 N–H and O–H groups in total. The van der Waals surface area contributed by atoms with Crippen LogP contribution in [0.3, 0.4) is 0 Å². The van der Waals surface area contributed by atoms with E-state index in [2.05, 4.69) is 166 Å². The summed E-state index contributed by atoms with van der Waals surface area (Å²) in [5.41, 5.74) is 25.5. The van der Waals surface area contributed by atoms with Gasteiger partial charge in [-0.15, -0.1) is 25.5 Å². The molecule has 146 heavy (non-hydrogen) atoms. The molecule has 44 heteroatoms. The molecular weight excluding hydrogens is 2030 g/mol. The number of nitrogens with zero attached hydrogens (tertiary/aromatic N) is 21. The van der Waals surface area contributed by atoms with Crippen LogP contribution in [0.25, 0.3) is 110 Å². The van der Waals surface area contributed by atoms with Crippen LogP contribution < -0.4 is 30.1 Å². The van der Waals surface area contributed by atoms with Gasteiger partial charge < -0.3 is 40.6 Å². The maximum atomic E-state index is 12.6. The molecule has 35 nitrogen and oxygen atoms in total. The summed E-state index contributed by atoms with van der Waals surface area (Å²) in [6.07, 6.45) is 31.1. The van der Waals surface area contributed by atoms with E-state index in [0.717, 1.165) is 77.9 Å². The van der Waals surface area contributed by atoms with Gasteiger partial charge in [0.1, 0.15) is 42.2 Å². The quantitative estimate of drug-likeness (QED) is 0.00878. The first kappa shape index (κ1) is 120. The molecule has 0 saturated heterocycles. The Morgan fingerprint density at radius 3 is 0.993 bits per heavy atom. The molecule has 0 aliphatic heterocycles. The minimum absolute atomic E-state index is 0. The Bertz CT molecular complexity index is 6820. The van der Waals surface area contributed by atoms with Crippen LogP contribution >= 0.6 is 66.5 Å². The summed E-state index contributed by atoms with van der Waals surface area (Å²) >= 11 is 21.9. The Morgan fingerprint density at radius 2 is 0.740 bits per heavy atom. The number of carboxylic acid groups (broad SMARTS) is 1. The molecule has 0 bridgehead atoms. The number of nitrogens with two attached hydrogens (primary N) is 1. The van der Waals surface area contributed by atoms with E-state index in [1.807, 2.05) is 158 Å². The molecule has 10 aromatic heterocycles. The van der Waals surface area contributed by atoms with Crippen LogP contribution in [0.4, 0.5) is 9.18 Å². The second-order valence-corrected chi connectivity index (χ2v) is 40.2. The summed E-state index contributed by atoms with van der Waals surface area (Å²) in [4.78, 5) is 98.5. The predicted octanol–water partition coefficient (Wildman–Crippen LogP) is 17.6. The molecular formula is C102H107BBrCl4FLiN22O13P. The Hall–Kier alpha value is -14.6. The van der Waals surface area contributed by atoms with E-state index < -0.39 is 48.7 Å². The molecule has 0 saturated carbocycles. The van der Waals surface area contributed by atoms with Crippen LogP contribution in [0.2, 0.25) is 0 Å². The first-order valence-electron chi connectivity index (χ1n) is 44.4. The van der Waals surface area contributed by atoms with E-state index in [4.69, 9.17) is 38.2 Å². The maximum Gasteiger partial charge on any atom is 1.00 e. The number of hydrogen-bond acceptors (Lipinski definition) is 28. The zero-order chi connectivity index (χ0) is 107. The smallest absolute Gasteiger partial charge is 0.870 e. The van der Waals surface area contributed by atoms with Crippen LogP contribution in [0.15, 0.2) is 250 Å². The third-order valence-electron chi connectivity index (χ3n) is 18.4. The van der Waals surface area contributed by atoms with Crippen molar-refractivity contribution in [2.45, 2.75) is 123 Å². The molecule has 15 aromatic rings. The zero-order valence-electron chi connectivity index (χ0n) is 83.9. The van der Waals surface area contributed by atoms with Crippen molar-refractivity contribution in [1.29, 1.82) is 5.26 Å². The van der Waals surface area contributed by atoms with Crippen molar-refractivity contribution in [3.8, 4) is 63.0 Å². The van der Waals surface area contributed by atoms with Crippen molar-refractivity contribution in [1.82, 2.24) is 98.7 Å². The number of aromatic nitrogens is 20. The number of amides is 1. The molecule has 754 valence electrons. The summed E-state index contributed by atoms with van der Waals surface area (Å²) < 4.78 is 47.7. The normalized spacial score (nSPS) is 11.1. The number of benzene rings is 5. The molecule has 0 aliphatic rings. The van der Waals surface area contributed by atoms with Gasteiger partial charge in [0, 0.05) is 132 Å². The van der Waals surface area contributed by atoms with Crippen molar-refractivity contribution in [3.05, 3.63) is 328 Å². The van der Waals surface area contributed by atoms with Gasteiger partial charge >= 0.3 is 54.5 Å². The van der Waals surface area contributed by atoms with Crippen LogP contribution in [-0.4, -0.2) is 182 Å². The van der Waals surface area contributed by atoms with Gasteiger partial charge in [-0.3, -0.25) is 38.7 Å². The number of alkyl halides is 1. The molecule has 10 heterocycles. The van der Waals surface area contributed by atoms with E-state index >= 15 is 0 Å². The van der Waals surface area contributed by atoms with Crippen LogP contribution in [0, 0.1) is 86.5 Å². The summed E-state index contributed by atoms with van der Waals surface area (Å²) in [5, 5.41) is 54.7. The number of pyridine rings is 5. The summed E-state index contributed by atoms with van der Waals surface area (Å²) in [6.45, 7) is 31.8. The molecule has 1 amide bonds. The molecule has 0 radical (unpaired) electrons. The van der Waals surface area contributed by atoms with Gasteiger partial charge in [-0.25, -0.2) is 67.5 Å². The number of esters is 2. The summed E-state index contributed by atoms with van der Waals surface area (Å²) in [7, 11) is -2.40. The van der Waals surface area contributed by atoms with Crippen LogP contribution in [-0.2, 0) is 38.0 Å². The van der Waals surface area contributed by atoms with Gasteiger partial charge in [-0.05, 0) is 290 Å². The fourth-order valence-electron chi connectivity index (χ4n) is 12.9. The van der Waals surface area contributed by atoms with Crippen molar-refractivity contribution in [2.24, 2.45) is 11.7 Å². The topological polar surface area (TPSA) is 489 Å². The third kappa shape index (κ3) is 43.5. The number of aliphatic carboxylic acids is 1. The van der Waals surface area contributed by atoms with Crippen molar-refractivity contribution >= 4 is 162 Å². The van der Waals surface area contributed by atoms with Gasteiger partial charge in [-0.1, -0.05) is 106 Å². The Balaban J connectivity index is 0.000000304. The minimum atomic E-state index is -3.22. The number of carbonyl (C=O) groups excluding carboxylic acids is 4. The second-order valence-electron chi connectivity index (χ2n) is 32.4. The van der Waals surface area contributed by atoms with Crippen molar-refractivity contribution in [2.75, 3.05) is 13.8 Å². The monoisotopic (exact) mass is 2140 g/mol. The zero-order valence-corrected chi connectivity index (χ0v) is 88.4. The van der Waals surface area contributed by atoms with Crippen LogP contribution in [0.1, 0.15) is 121 Å². The van der Waals surface area contributed by atoms with E-state index in [1.165, 1.54) is 54.8 Å². The summed E-state index contributed by atoms with van der Waals surface area (Å²) in [6, 6.07) is 50.0. The van der Waals surface area contributed by atoms with Crippen molar-refractivity contribution in [3.63, 3.8) is 0 Å². The number of carbonyl (C=O) groups is 5. The van der Waals surface area contributed by atoms with Gasteiger partial charge in [-0.2, -0.15) is 5.26 Å². The summed E-state index contributed by atoms with van der Waals surface area (Å²) in [5.74, 6) is 0.934. The number of halogens is 6. The molecule has 0 unspecified atom stereocenters. The average molecular weight is 2140 g/mol. The second kappa shape index (κ2) is 61.5. The number of ether oxygens (including phenoxy) is 3. The number of allylic oxidation sites excluding steroid dienone is 1. The molecule has 15 rings (SSSR count). The Kier molecular flexibility index (Phi) is 50.6. The average Bonchev–Trinajstić information content (AvgIpc) is 1.73. The Labute approximate surface area is 886 Å². The van der Waals surface area contributed by atoms with E-state index in [-0.39, 0.29) is 46.6 Å². The first-order chi connectivity index (χ1) is 68.8. The number of carboxylic acids is 1. The molecule has 0 aliphatic carbocycles. The predicted molar refractivity (Wildman–Crippen MR) is 567 cm³/mol. The Morgan fingerprint density at radius 1 is 0.466 bits per heavy atom. The first-order valence-corrected chi connectivity index (χ1v) is 49.2. The maximum absolute atomic E-state index is 12.6. The number of rotatable bonds is 23. The molecule has 0 spiro atoms. The molecule has 5 aromatic carbocycles. The number of aryl methyl sites for hydroxylation is 10. The van der Waals surface area contributed by atoms with Crippen molar-refractivity contribution < 1.29 is 88.0 Å². The fraction of sp³-hybridized carbons (Fsp3) is 0.206. The number of primary amides is 1. The number of nitriles is 1. The van der Waals surface area contributed by atoms with Gasteiger partial charge in [0.15, 0.2) is 29.1 Å². The van der Waals surface area contributed by atoms with Gasteiger partial charge in [0.05, 0.1) is 55.8 Å². The fourth-order valence-corrected chi connectivity index (χ4v) is 13.3. The largest absolute Gasteiger partial charge is 1.00 e. The van der Waals surface area contributed by atoms with Gasteiger partial charge in [0.2, 0.25) is 0 Å². The van der Waals surface area contributed by atoms with E-state index in [0.29, 0.717) is 80.5 Å². The van der Waals surface area contributed by atoms with Gasteiger partial charge in [0.25, 0.3) is 5.91 Å².